The molecule has 1 rings (SSSR count). The third-order valence-corrected chi connectivity index (χ3v) is 0.817. The smallest absolute Gasteiger partial charge is 0.185 e. The summed E-state index contributed by atoms with van der Waals surface area (Å²) in [5.74, 6) is 0.375. The van der Waals surface area contributed by atoms with Gasteiger partial charge in [-0.25, -0.2) is 0 Å². The zero-order valence-electron chi connectivity index (χ0n) is 6.23. The normalized spacial score (nSPS) is 6.83. The quantitative estimate of drug-likeness (QED) is 0.586. The van der Waals surface area contributed by atoms with Crippen LogP contribution in [0.4, 0.5) is 0 Å². The predicted octanol–water partition coefficient (Wildman–Crippen LogP) is 1.52. The second-order valence-electron chi connectivity index (χ2n) is 1.63. The number of carbonyl (C=O) groups is 1. The maximum Gasteiger partial charge on any atom is 0.185 e. The van der Waals surface area contributed by atoms with Crippen LogP contribution in [0.1, 0.15) is 17.0 Å². The Morgan fingerprint density at radius 1 is 1.50 bits per heavy atom. The van der Waals surface area contributed by atoms with Crippen LogP contribution in [-0.4, -0.2) is 6.29 Å². The first-order chi connectivity index (χ1) is 5.85. The van der Waals surface area contributed by atoms with E-state index in [-0.39, 0.29) is 6.42 Å². The zero-order chi connectivity index (χ0) is 9.23. The van der Waals surface area contributed by atoms with Gasteiger partial charge in [-0.2, -0.15) is 10.5 Å². The van der Waals surface area contributed by atoms with Gasteiger partial charge >= 0.3 is 0 Å². The average Bonchev–Trinajstić information content (AvgIpc) is 2.58. The summed E-state index contributed by atoms with van der Waals surface area (Å²) >= 11 is 0. The molecule has 4 heteroatoms. The van der Waals surface area contributed by atoms with Gasteiger partial charge in [-0.3, -0.25) is 4.79 Å². The van der Waals surface area contributed by atoms with Crippen molar-refractivity contribution in [1.82, 2.24) is 0 Å². The molecule has 12 heavy (non-hydrogen) atoms. The molecule has 4 nitrogen and oxygen atoms in total. The Balaban J connectivity index is 0.000000217. The summed E-state index contributed by atoms with van der Waals surface area (Å²) in [5.41, 5.74) is 0. The summed E-state index contributed by atoms with van der Waals surface area (Å²) in [5, 5.41) is 15.2. The van der Waals surface area contributed by atoms with Gasteiger partial charge in [0.25, 0.3) is 0 Å². The number of hydrogen-bond acceptors (Lipinski definition) is 4. The molecule has 0 aliphatic rings. The molecule has 0 saturated carbocycles. The van der Waals surface area contributed by atoms with E-state index in [0.717, 1.165) is 0 Å². The molecule has 0 aliphatic carbocycles. The van der Waals surface area contributed by atoms with Crippen molar-refractivity contribution in [3.8, 4) is 12.1 Å². The molecule has 0 aliphatic heterocycles. The molecular formula is C8H6N2O2. The van der Waals surface area contributed by atoms with Gasteiger partial charge < -0.3 is 4.42 Å². The van der Waals surface area contributed by atoms with Crippen molar-refractivity contribution in [2.45, 2.75) is 6.42 Å². The van der Waals surface area contributed by atoms with E-state index in [0.29, 0.717) is 12.0 Å². The van der Waals surface area contributed by atoms with Crippen molar-refractivity contribution < 1.29 is 9.21 Å². The minimum Gasteiger partial charge on any atom is -0.462 e. The van der Waals surface area contributed by atoms with Crippen LogP contribution in [0.5, 0.6) is 0 Å². The number of nitriles is 2. The molecule has 1 aromatic rings. The number of aldehydes is 1. The molecule has 0 amide bonds. The second kappa shape index (κ2) is 7.04. The molecule has 0 fully saturated rings. The van der Waals surface area contributed by atoms with Crippen molar-refractivity contribution in [1.29, 1.82) is 10.5 Å². The highest BCUT2D eigenvalue weighted by atomic mass is 16.3. The monoisotopic (exact) mass is 162 g/mol. The molecule has 0 bridgehead atoms. The Morgan fingerprint density at radius 3 is 2.33 bits per heavy atom. The summed E-state index contributed by atoms with van der Waals surface area (Å²) in [6, 6.07) is 6.59. The summed E-state index contributed by atoms with van der Waals surface area (Å²) in [4.78, 5) is 9.77. The highest BCUT2D eigenvalue weighted by molar-refractivity contribution is 5.69. The van der Waals surface area contributed by atoms with E-state index in [4.69, 9.17) is 10.5 Å². The van der Waals surface area contributed by atoms with Crippen LogP contribution in [-0.2, 0) is 0 Å². The fraction of sp³-hybridized carbons (Fsp3) is 0.125. The Hall–Kier alpha value is -2.07. The first kappa shape index (κ1) is 9.93. The van der Waals surface area contributed by atoms with Crippen molar-refractivity contribution in [3.63, 3.8) is 0 Å². The Morgan fingerprint density at radius 2 is 2.17 bits per heavy atom. The van der Waals surface area contributed by atoms with Crippen molar-refractivity contribution in [2.24, 2.45) is 0 Å². The molecule has 0 N–H and O–H groups in total. The van der Waals surface area contributed by atoms with Gasteiger partial charge in [-0.05, 0) is 12.1 Å². The van der Waals surface area contributed by atoms with Crippen LogP contribution >= 0.6 is 0 Å². The Bertz CT molecular complexity index is 278. The molecule has 0 atom stereocenters. The summed E-state index contributed by atoms with van der Waals surface area (Å²) in [6.45, 7) is 0. The maximum absolute atomic E-state index is 9.77. The van der Waals surface area contributed by atoms with Crippen LogP contribution in [0.2, 0.25) is 0 Å². The molecule has 0 saturated heterocycles. The lowest BCUT2D eigenvalue weighted by molar-refractivity contribution is 0.110. The van der Waals surface area contributed by atoms with Crippen LogP contribution in [0.15, 0.2) is 22.8 Å². The van der Waals surface area contributed by atoms with E-state index in [2.05, 4.69) is 4.42 Å². The minimum atomic E-state index is 0. The first-order valence-electron chi connectivity index (χ1n) is 3.07. The van der Waals surface area contributed by atoms with Crippen LogP contribution in [0.25, 0.3) is 0 Å². The zero-order valence-corrected chi connectivity index (χ0v) is 6.23. The highest BCUT2D eigenvalue weighted by Gasteiger charge is 1.84. The number of hydrogen-bond donors (Lipinski definition) is 0. The van der Waals surface area contributed by atoms with E-state index in [9.17, 15) is 4.79 Å². The fourth-order valence-corrected chi connectivity index (χ4v) is 0.394. The average molecular weight is 162 g/mol. The van der Waals surface area contributed by atoms with E-state index in [1.54, 1.807) is 24.3 Å². The van der Waals surface area contributed by atoms with Gasteiger partial charge in [0.05, 0.1) is 18.4 Å². The van der Waals surface area contributed by atoms with E-state index < -0.39 is 0 Å². The Kier molecular flexibility index (Phi) is 5.83. The van der Waals surface area contributed by atoms with E-state index in [1.807, 2.05) is 0 Å². The molecule has 0 unspecified atom stereocenters. The van der Waals surface area contributed by atoms with Gasteiger partial charge in [0.1, 0.15) is 6.42 Å². The van der Waals surface area contributed by atoms with Crippen molar-refractivity contribution in [3.05, 3.63) is 24.2 Å². The number of furan rings is 1. The third-order valence-electron chi connectivity index (χ3n) is 0.817. The van der Waals surface area contributed by atoms with Gasteiger partial charge in [-0.1, -0.05) is 0 Å². The fourth-order valence-electron chi connectivity index (χ4n) is 0.394. The molecule has 0 radical (unpaired) electrons. The molecule has 0 aromatic carbocycles. The van der Waals surface area contributed by atoms with Gasteiger partial charge in [-0.15, -0.1) is 0 Å². The largest absolute Gasteiger partial charge is 0.462 e. The number of nitrogens with zero attached hydrogens (tertiary/aromatic N) is 2. The van der Waals surface area contributed by atoms with Crippen molar-refractivity contribution in [2.75, 3.05) is 0 Å². The summed E-state index contributed by atoms with van der Waals surface area (Å²) in [7, 11) is 0. The van der Waals surface area contributed by atoms with E-state index >= 15 is 0 Å². The number of carbonyl (C=O) groups excluding carboxylic acids is 1. The minimum absolute atomic E-state index is 0. The lowest BCUT2D eigenvalue weighted by atomic mass is 10.5. The lowest BCUT2D eigenvalue weighted by Gasteiger charge is -1.68. The van der Waals surface area contributed by atoms with Gasteiger partial charge in [0.15, 0.2) is 12.0 Å². The van der Waals surface area contributed by atoms with E-state index in [1.165, 1.54) is 6.26 Å². The Labute approximate surface area is 69.6 Å². The van der Waals surface area contributed by atoms with Crippen molar-refractivity contribution >= 4 is 6.29 Å². The second-order valence-corrected chi connectivity index (χ2v) is 1.63. The lowest BCUT2D eigenvalue weighted by Crippen LogP contribution is -1.65. The maximum atomic E-state index is 9.77. The molecule has 1 heterocycles. The highest BCUT2D eigenvalue weighted by Crippen LogP contribution is 1.92. The van der Waals surface area contributed by atoms with Gasteiger partial charge in [0.2, 0.25) is 0 Å². The summed E-state index contributed by atoms with van der Waals surface area (Å²) < 4.78 is 4.61. The SMILES string of the molecule is N#CCC#N.O=Cc1ccco1. The molecule has 0 spiro atoms. The molecule has 1 aromatic heterocycles. The van der Waals surface area contributed by atoms with Gasteiger partial charge in [0, 0.05) is 0 Å². The van der Waals surface area contributed by atoms with Crippen LogP contribution in [0, 0.1) is 22.7 Å². The predicted molar refractivity (Wildman–Crippen MR) is 39.9 cm³/mol. The first-order valence-corrected chi connectivity index (χ1v) is 3.07. The topological polar surface area (TPSA) is 77.8 Å². The molecule has 60 valence electrons. The summed E-state index contributed by atoms with van der Waals surface area (Å²) in [6.07, 6.45) is 2.13. The third kappa shape index (κ3) is 4.78. The standard InChI is InChI=1S/C5H4O2.C3H2N2/c6-4-5-2-1-3-7-5;4-2-1-3-5/h1-4H;1H2. The van der Waals surface area contributed by atoms with Crippen LogP contribution < -0.4 is 0 Å². The molecular weight excluding hydrogens is 156 g/mol. The number of rotatable bonds is 1. The van der Waals surface area contributed by atoms with Crippen LogP contribution in [0.3, 0.4) is 0 Å².